The molecule has 80 valence electrons. The average Bonchev–Trinajstić information content (AvgIpc) is 2.16. The largest absolute Gasteiger partial charge is 0.380 e. The molecule has 0 aromatic rings. The number of rotatable bonds is 10. The van der Waals surface area contributed by atoms with Gasteiger partial charge in [-0.1, -0.05) is 33.1 Å². The Kier molecular flexibility index (Phi) is 11.8. The summed E-state index contributed by atoms with van der Waals surface area (Å²) in [6, 6.07) is 0. The summed E-state index contributed by atoms with van der Waals surface area (Å²) in [5.74, 6) is 0. The standard InChI is InChI=1S/C11H25NO/c1-3-5-6-7-8-12-9-11-13-10-4-2/h12H,3-11H2,1-2H3. The second kappa shape index (κ2) is 11.9. The Hall–Kier alpha value is -0.0800. The summed E-state index contributed by atoms with van der Waals surface area (Å²) < 4.78 is 5.35. The maximum Gasteiger partial charge on any atom is 0.0590 e. The molecule has 2 nitrogen and oxygen atoms in total. The van der Waals surface area contributed by atoms with E-state index in [4.69, 9.17) is 4.74 Å². The molecule has 13 heavy (non-hydrogen) atoms. The van der Waals surface area contributed by atoms with Crippen LogP contribution < -0.4 is 5.32 Å². The van der Waals surface area contributed by atoms with E-state index in [0.717, 1.165) is 32.7 Å². The van der Waals surface area contributed by atoms with E-state index in [1.807, 2.05) is 0 Å². The van der Waals surface area contributed by atoms with E-state index in [1.54, 1.807) is 0 Å². The van der Waals surface area contributed by atoms with Crippen molar-refractivity contribution < 1.29 is 4.74 Å². The van der Waals surface area contributed by atoms with E-state index in [-0.39, 0.29) is 0 Å². The lowest BCUT2D eigenvalue weighted by molar-refractivity contribution is 0.136. The SMILES string of the molecule is CCCCCCNCCOCCC. The van der Waals surface area contributed by atoms with Crippen molar-refractivity contribution >= 4 is 0 Å². The molecular weight excluding hydrogens is 162 g/mol. The van der Waals surface area contributed by atoms with Crippen molar-refractivity contribution in [3.05, 3.63) is 0 Å². The van der Waals surface area contributed by atoms with Gasteiger partial charge < -0.3 is 10.1 Å². The van der Waals surface area contributed by atoms with Crippen LogP contribution in [0.3, 0.4) is 0 Å². The van der Waals surface area contributed by atoms with Crippen LogP contribution in [0.15, 0.2) is 0 Å². The fourth-order valence-electron chi connectivity index (χ4n) is 1.19. The van der Waals surface area contributed by atoms with E-state index in [2.05, 4.69) is 19.2 Å². The molecule has 0 aromatic heterocycles. The van der Waals surface area contributed by atoms with Crippen molar-refractivity contribution in [1.82, 2.24) is 5.32 Å². The maximum atomic E-state index is 5.35. The van der Waals surface area contributed by atoms with Crippen molar-refractivity contribution in [1.29, 1.82) is 0 Å². The van der Waals surface area contributed by atoms with Crippen LogP contribution in [0, 0.1) is 0 Å². The van der Waals surface area contributed by atoms with Gasteiger partial charge in [0, 0.05) is 13.2 Å². The fourth-order valence-corrected chi connectivity index (χ4v) is 1.19. The molecule has 0 unspecified atom stereocenters. The van der Waals surface area contributed by atoms with Gasteiger partial charge in [-0.05, 0) is 19.4 Å². The molecule has 0 amide bonds. The van der Waals surface area contributed by atoms with Gasteiger partial charge in [0.05, 0.1) is 6.61 Å². The number of nitrogens with one attached hydrogen (secondary N) is 1. The molecular formula is C11H25NO. The highest BCUT2D eigenvalue weighted by Gasteiger charge is 1.88. The van der Waals surface area contributed by atoms with E-state index < -0.39 is 0 Å². The Morgan fingerprint density at radius 2 is 1.69 bits per heavy atom. The first-order chi connectivity index (χ1) is 6.41. The maximum absolute atomic E-state index is 5.35. The molecule has 0 saturated carbocycles. The van der Waals surface area contributed by atoms with E-state index >= 15 is 0 Å². The monoisotopic (exact) mass is 187 g/mol. The van der Waals surface area contributed by atoms with Gasteiger partial charge in [-0.2, -0.15) is 0 Å². The Morgan fingerprint density at radius 1 is 0.846 bits per heavy atom. The molecule has 0 saturated heterocycles. The zero-order chi connectivity index (χ0) is 9.78. The first kappa shape index (κ1) is 12.9. The van der Waals surface area contributed by atoms with E-state index in [1.165, 1.54) is 25.7 Å². The molecule has 0 radical (unpaired) electrons. The Morgan fingerprint density at radius 3 is 2.38 bits per heavy atom. The van der Waals surface area contributed by atoms with Gasteiger partial charge in [0.15, 0.2) is 0 Å². The van der Waals surface area contributed by atoms with E-state index in [0.29, 0.717) is 0 Å². The lowest BCUT2D eigenvalue weighted by Gasteiger charge is -2.04. The van der Waals surface area contributed by atoms with Gasteiger partial charge in [0.2, 0.25) is 0 Å². The quantitative estimate of drug-likeness (QED) is 0.531. The Balaban J connectivity index is 2.76. The molecule has 0 aliphatic rings. The zero-order valence-electron chi connectivity index (χ0n) is 9.27. The number of hydrogen-bond donors (Lipinski definition) is 1. The molecule has 0 heterocycles. The number of unbranched alkanes of at least 4 members (excludes halogenated alkanes) is 3. The number of ether oxygens (including phenoxy) is 1. The molecule has 0 rings (SSSR count). The molecule has 0 aliphatic heterocycles. The molecule has 0 spiro atoms. The normalized spacial score (nSPS) is 10.6. The minimum atomic E-state index is 0.863. The molecule has 0 atom stereocenters. The fraction of sp³-hybridized carbons (Fsp3) is 1.00. The topological polar surface area (TPSA) is 21.3 Å². The van der Waals surface area contributed by atoms with Crippen molar-refractivity contribution in [2.45, 2.75) is 46.0 Å². The third-order valence-corrected chi connectivity index (χ3v) is 1.98. The first-order valence-corrected chi connectivity index (χ1v) is 5.70. The van der Waals surface area contributed by atoms with Gasteiger partial charge in [0.25, 0.3) is 0 Å². The summed E-state index contributed by atoms with van der Waals surface area (Å²) in [6.45, 7) is 8.30. The first-order valence-electron chi connectivity index (χ1n) is 5.70. The third kappa shape index (κ3) is 11.9. The molecule has 0 bridgehead atoms. The lowest BCUT2D eigenvalue weighted by atomic mass is 10.2. The van der Waals surface area contributed by atoms with Gasteiger partial charge in [-0.25, -0.2) is 0 Å². The minimum absolute atomic E-state index is 0.863. The third-order valence-electron chi connectivity index (χ3n) is 1.98. The average molecular weight is 187 g/mol. The summed E-state index contributed by atoms with van der Waals surface area (Å²) in [4.78, 5) is 0. The highest BCUT2D eigenvalue weighted by atomic mass is 16.5. The second-order valence-corrected chi connectivity index (χ2v) is 3.42. The van der Waals surface area contributed by atoms with Crippen molar-refractivity contribution in [2.75, 3.05) is 26.3 Å². The van der Waals surface area contributed by atoms with Crippen LogP contribution in [0.5, 0.6) is 0 Å². The lowest BCUT2D eigenvalue weighted by Crippen LogP contribution is -2.20. The van der Waals surface area contributed by atoms with Gasteiger partial charge >= 0.3 is 0 Å². The molecule has 0 aliphatic carbocycles. The van der Waals surface area contributed by atoms with Crippen LogP contribution in [0.2, 0.25) is 0 Å². The van der Waals surface area contributed by atoms with Crippen LogP contribution >= 0.6 is 0 Å². The second-order valence-electron chi connectivity index (χ2n) is 3.42. The smallest absolute Gasteiger partial charge is 0.0590 e. The van der Waals surface area contributed by atoms with Gasteiger partial charge in [-0.3, -0.25) is 0 Å². The highest BCUT2D eigenvalue weighted by Crippen LogP contribution is 1.96. The molecule has 1 N–H and O–H groups in total. The minimum Gasteiger partial charge on any atom is -0.380 e. The zero-order valence-corrected chi connectivity index (χ0v) is 9.27. The molecule has 0 fully saturated rings. The predicted molar refractivity (Wildman–Crippen MR) is 58.1 cm³/mol. The van der Waals surface area contributed by atoms with Crippen LogP contribution in [0.4, 0.5) is 0 Å². The van der Waals surface area contributed by atoms with E-state index in [9.17, 15) is 0 Å². The Bertz CT molecular complexity index is 76.2. The summed E-state index contributed by atoms with van der Waals surface area (Å²) in [5.41, 5.74) is 0. The summed E-state index contributed by atoms with van der Waals surface area (Å²) in [7, 11) is 0. The molecule has 0 aromatic carbocycles. The predicted octanol–water partition coefficient (Wildman–Crippen LogP) is 2.58. The van der Waals surface area contributed by atoms with Crippen molar-refractivity contribution in [2.24, 2.45) is 0 Å². The number of hydrogen-bond acceptors (Lipinski definition) is 2. The molecule has 2 heteroatoms. The highest BCUT2D eigenvalue weighted by molar-refractivity contribution is 4.47. The summed E-state index contributed by atoms with van der Waals surface area (Å²) in [5, 5.41) is 3.38. The summed E-state index contributed by atoms with van der Waals surface area (Å²) in [6.07, 6.45) is 6.48. The summed E-state index contributed by atoms with van der Waals surface area (Å²) >= 11 is 0. The van der Waals surface area contributed by atoms with Gasteiger partial charge in [0.1, 0.15) is 0 Å². The van der Waals surface area contributed by atoms with Crippen LogP contribution in [-0.4, -0.2) is 26.3 Å². The van der Waals surface area contributed by atoms with Crippen LogP contribution in [0.25, 0.3) is 0 Å². The van der Waals surface area contributed by atoms with Gasteiger partial charge in [-0.15, -0.1) is 0 Å². The Labute approximate surface area is 83.1 Å². The van der Waals surface area contributed by atoms with Crippen LogP contribution in [-0.2, 0) is 4.74 Å². The van der Waals surface area contributed by atoms with Crippen molar-refractivity contribution in [3.8, 4) is 0 Å². The van der Waals surface area contributed by atoms with Crippen molar-refractivity contribution in [3.63, 3.8) is 0 Å². The van der Waals surface area contributed by atoms with Crippen LogP contribution in [0.1, 0.15) is 46.0 Å².